The van der Waals surface area contributed by atoms with Crippen LogP contribution < -0.4 is 10.2 Å². The maximum absolute atomic E-state index is 12.5. The Balaban J connectivity index is 0.00000274. The maximum Gasteiger partial charge on any atom is 2.00 e. The standard InChI is InChI=1S/C29H22N2O2.Cu/c1-19-10-13-26(30-17-24-22-8-4-2-6-20(22)11-14-28(24)32)27(16-19)31-18-25-23-9-5-3-7-21(23)12-15-29(25)33;/h2-18,32-33H,1H3;/q;+2/p-2. The molecule has 5 rings (SSSR count). The summed E-state index contributed by atoms with van der Waals surface area (Å²) < 4.78 is 0. The molecular formula is C29H20CuN2O2. The molecule has 34 heavy (non-hydrogen) atoms. The minimum absolute atomic E-state index is 0. The molecular weight excluding hydrogens is 472 g/mol. The van der Waals surface area contributed by atoms with Crippen LogP contribution >= 0.6 is 0 Å². The summed E-state index contributed by atoms with van der Waals surface area (Å²) in [5.74, 6) is -0.164. The predicted molar refractivity (Wildman–Crippen MR) is 132 cm³/mol. The second kappa shape index (κ2) is 9.92. The first kappa shape index (κ1) is 23.2. The van der Waals surface area contributed by atoms with Crippen molar-refractivity contribution in [2.45, 2.75) is 6.92 Å². The maximum atomic E-state index is 12.5. The second-order valence-electron chi connectivity index (χ2n) is 7.91. The molecule has 0 heterocycles. The summed E-state index contributed by atoms with van der Waals surface area (Å²) in [4.78, 5) is 9.24. The molecule has 0 amide bonds. The minimum atomic E-state index is -0.0821. The van der Waals surface area contributed by atoms with Crippen LogP contribution in [0.3, 0.4) is 0 Å². The van der Waals surface area contributed by atoms with Crippen LogP contribution in [-0.4, -0.2) is 12.4 Å². The van der Waals surface area contributed by atoms with Crippen LogP contribution in [0, 0.1) is 6.92 Å². The summed E-state index contributed by atoms with van der Waals surface area (Å²) in [6.45, 7) is 1.98. The Kier molecular flexibility index (Phi) is 6.78. The fourth-order valence-corrected chi connectivity index (χ4v) is 3.93. The molecule has 0 N–H and O–H groups in total. The third-order valence-electron chi connectivity index (χ3n) is 5.66. The third kappa shape index (κ3) is 4.58. The van der Waals surface area contributed by atoms with Gasteiger partial charge >= 0.3 is 17.1 Å². The van der Waals surface area contributed by atoms with Crippen molar-refractivity contribution in [3.8, 4) is 11.5 Å². The summed E-state index contributed by atoms with van der Waals surface area (Å²) in [6, 6.07) is 28.0. The van der Waals surface area contributed by atoms with E-state index in [1.807, 2.05) is 85.8 Å². The van der Waals surface area contributed by atoms with Crippen molar-refractivity contribution in [3.05, 3.63) is 108 Å². The van der Waals surface area contributed by atoms with Gasteiger partial charge in [-0.1, -0.05) is 90.4 Å². The van der Waals surface area contributed by atoms with Crippen molar-refractivity contribution in [2.24, 2.45) is 9.98 Å². The molecule has 5 aromatic carbocycles. The van der Waals surface area contributed by atoms with Gasteiger partial charge < -0.3 is 10.2 Å². The smallest absolute Gasteiger partial charge is 0.872 e. The zero-order valence-corrected chi connectivity index (χ0v) is 19.3. The van der Waals surface area contributed by atoms with Crippen LogP contribution in [0.4, 0.5) is 11.4 Å². The quantitative estimate of drug-likeness (QED) is 0.230. The van der Waals surface area contributed by atoms with Gasteiger partial charge in [-0.2, -0.15) is 0 Å². The van der Waals surface area contributed by atoms with E-state index in [2.05, 4.69) is 9.98 Å². The molecule has 0 fully saturated rings. The van der Waals surface area contributed by atoms with E-state index in [0.717, 1.165) is 27.1 Å². The Bertz CT molecular complexity index is 1560. The molecule has 0 aliphatic heterocycles. The van der Waals surface area contributed by atoms with Crippen LogP contribution in [-0.2, 0) is 17.1 Å². The number of benzene rings is 5. The first-order valence-corrected chi connectivity index (χ1v) is 10.7. The van der Waals surface area contributed by atoms with Crippen LogP contribution in [0.25, 0.3) is 21.5 Å². The van der Waals surface area contributed by atoms with E-state index in [4.69, 9.17) is 0 Å². The number of aryl methyl sites for hydroxylation is 1. The summed E-state index contributed by atoms with van der Waals surface area (Å²) in [5, 5.41) is 28.7. The van der Waals surface area contributed by atoms with Gasteiger partial charge in [-0.15, -0.1) is 0 Å². The van der Waals surface area contributed by atoms with Crippen molar-refractivity contribution >= 4 is 45.3 Å². The molecule has 0 bridgehead atoms. The van der Waals surface area contributed by atoms with E-state index in [1.165, 1.54) is 0 Å². The van der Waals surface area contributed by atoms with E-state index >= 15 is 0 Å². The van der Waals surface area contributed by atoms with Gasteiger partial charge in [0.25, 0.3) is 0 Å². The molecule has 4 nitrogen and oxygen atoms in total. The summed E-state index contributed by atoms with van der Waals surface area (Å²) in [7, 11) is 0. The second-order valence-corrected chi connectivity index (χ2v) is 7.91. The number of nitrogens with zero attached hydrogens (tertiary/aromatic N) is 2. The number of hydrogen-bond acceptors (Lipinski definition) is 4. The average molecular weight is 492 g/mol. The number of aliphatic imine (C=N–C) groups is 2. The monoisotopic (exact) mass is 491 g/mol. The first-order valence-electron chi connectivity index (χ1n) is 10.7. The SMILES string of the molecule is Cc1ccc(N=Cc2c([O-])ccc3ccccc23)c(N=Cc2c([O-])ccc3ccccc23)c1.[Cu+2]. The minimum Gasteiger partial charge on any atom is -0.872 e. The van der Waals surface area contributed by atoms with E-state index in [9.17, 15) is 10.2 Å². The molecule has 0 saturated carbocycles. The van der Waals surface area contributed by atoms with Crippen LogP contribution in [0.15, 0.2) is 101 Å². The molecule has 0 aromatic heterocycles. The van der Waals surface area contributed by atoms with E-state index in [-0.39, 0.29) is 28.6 Å². The summed E-state index contributed by atoms with van der Waals surface area (Å²) in [6.07, 6.45) is 3.21. The molecule has 0 spiro atoms. The largest absolute Gasteiger partial charge is 2.00 e. The summed E-state index contributed by atoms with van der Waals surface area (Å²) in [5.41, 5.74) is 3.36. The number of rotatable bonds is 4. The normalized spacial score (nSPS) is 11.4. The van der Waals surface area contributed by atoms with Crippen LogP contribution in [0.2, 0.25) is 0 Å². The molecule has 1 radical (unpaired) electrons. The number of fused-ring (bicyclic) bond motifs is 2. The van der Waals surface area contributed by atoms with Crippen molar-refractivity contribution in [2.75, 3.05) is 0 Å². The van der Waals surface area contributed by atoms with E-state index in [1.54, 1.807) is 24.6 Å². The van der Waals surface area contributed by atoms with Crippen LogP contribution in [0.5, 0.6) is 11.5 Å². The average Bonchev–Trinajstić information content (AvgIpc) is 2.83. The molecule has 0 aliphatic carbocycles. The topological polar surface area (TPSA) is 70.8 Å². The zero-order chi connectivity index (χ0) is 22.8. The van der Waals surface area contributed by atoms with Crippen molar-refractivity contribution in [1.29, 1.82) is 0 Å². The first-order chi connectivity index (χ1) is 16.1. The Hall–Kier alpha value is -3.92. The molecule has 5 heteroatoms. The van der Waals surface area contributed by atoms with Gasteiger partial charge in [-0.05, 0) is 57.3 Å². The summed E-state index contributed by atoms with van der Waals surface area (Å²) >= 11 is 0. The van der Waals surface area contributed by atoms with Gasteiger partial charge in [0.15, 0.2) is 0 Å². The Morgan fingerprint density at radius 1 is 0.588 bits per heavy atom. The van der Waals surface area contributed by atoms with E-state index in [0.29, 0.717) is 22.5 Å². The number of hydrogen-bond donors (Lipinski definition) is 0. The van der Waals surface area contributed by atoms with Gasteiger partial charge in [0.2, 0.25) is 0 Å². The molecule has 0 saturated heterocycles. The van der Waals surface area contributed by atoms with E-state index < -0.39 is 0 Å². The van der Waals surface area contributed by atoms with Gasteiger partial charge in [-0.25, -0.2) is 0 Å². The predicted octanol–water partition coefficient (Wildman–Crippen LogP) is 5.95. The van der Waals surface area contributed by atoms with Crippen molar-refractivity contribution in [1.82, 2.24) is 0 Å². The zero-order valence-electron chi connectivity index (χ0n) is 18.3. The Morgan fingerprint density at radius 3 is 1.65 bits per heavy atom. The Labute approximate surface area is 208 Å². The fourth-order valence-electron chi connectivity index (χ4n) is 3.93. The fraction of sp³-hybridized carbons (Fsp3) is 0.0345. The third-order valence-corrected chi connectivity index (χ3v) is 5.66. The van der Waals surface area contributed by atoms with Crippen molar-refractivity contribution < 1.29 is 27.3 Å². The van der Waals surface area contributed by atoms with Crippen LogP contribution in [0.1, 0.15) is 16.7 Å². The van der Waals surface area contributed by atoms with Gasteiger partial charge in [0.1, 0.15) is 0 Å². The molecule has 5 aromatic rings. The molecule has 169 valence electrons. The van der Waals surface area contributed by atoms with Gasteiger partial charge in [0.05, 0.1) is 11.4 Å². The molecule has 0 aliphatic rings. The van der Waals surface area contributed by atoms with Crippen molar-refractivity contribution in [3.63, 3.8) is 0 Å². The van der Waals surface area contributed by atoms with Gasteiger partial charge in [0, 0.05) is 12.4 Å². The Morgan fingerprint density at radius 2 is 1.09 bits per heavy atom. The van der Waals surface area contributed by atoms with Gasteiger partial charge in [-0.3, -0.25) is 9.98 Å². The molecule has 0 unspecified atom stereocenters. The molecule has 0 atom stereocenters.